The molecular formula is C5H11I2N3. The maximum Gasteiger partial charge on any atom is 0.0575 e. The van der Waals surface area contributed by atoms with Gasteiger partial charge in [0.2, 0.25) is 0 Å². The molecule has 0 saturated carbocycles. The lowest BCUT2D eigenvalue weighted by Crippen LogP contribution is -2.69. The lowest BCUT2D eigenvalue weighted by atomic mass is 9.93. The number of rotatable bonds is 3. The van der Waals surface area contributed by atoms with Gasteiger partial charge in [0, 0.05) is 65.4 Å². The maximum atomic E-state index is 3.33. The van der Waals surface area contributed by atoms with Gasteiger partial charge in [-0.05, 0) is 7.05 Å². The van der Waals surface area contributed by atoms with Gasteiger partial charge in [-0.1, -0.05) is 0 Å². The summed E-state index contributed by atoms with van der Waals surface area (Å²) < 4.78 is 2.16. The Morgan fingerprint density at radius 3 is 2.30 bits per heavy atom. The van der Waals surface area contributed by atoms with Crippen molar-refractivity contribution in [1.29, 1.82) is 0 Å². The molecule has 1 heterocycles. The molecule has 1 saturated heterocycles. The fourth-order valence-corrected chi connectivity index (χ4v) is 2.33. The van der Waals surface area contributed by atoms with Crippen LogP contribution >= 0.6 is 45.7 Å². The van der Waals surface area contributed by atoms with Crippen molar-refractivity contribution in [3.8, 4) is 0 Å². The van der Waals surface area contributed by atoms with Crippen LogP contribution < -0.4 is 10.6 Å². The molecule has 0 radical (unpaired) electrons. The Morgan fingerprint density at radius 1 is 1.60 bits per heavy atom. The van der Waals surface area contributed by atoms with E-state index in [0.717, 1.165) is 19.6 Å². The highest BCUT2D eigenvalue weighted by Crippen LogP contribution is 2.17. The first-order chi connectivity index (χ1) is 4.68. The molecule has 0 atom stereocenters. The summed E-state index contributed by atoms with van der Waals surface area (Å²) in [5.41, 5.74) is 0.336. The van der Waals surface area contributed by atoms with Crippen LogP contribution in [-0.2, 0) is 0 Å². The van der Waals surface area contributed by atoms with Crippen LogP contribution in [0, 0.1) is 0 Å². The molecule has 1 fully saturated rings. The van der Waals surface area contributed by atoms with Gasteiger partial charge < -0.3 is 10.6 Å². The molecule has 3 nitrogen and oxygen atoms in total. The van der Waals surface area contributed by atoms with Crippen molar-refractivity contribution < 1.29 is 0 Å². The van der Waals surface area contributed by atoms with Gasteiger partial charge in [-0.15, -0.1) is 0 Å². The highest BCUT2D eigenvalue weighted by atomic mass is 127. The standard InChI is InChI=1S/C5H11I2N3/c1-8-5(2-9-3-5)4-10(6)7/h8-9H,2-4H2,1H3. The van der Waals surface area contributed by atoms with Gasteiger partial charge in [0.25, 0.3) is 0 Å². The lowest BCUT2D eigenvalue weighted by Gasteiger charge is -2.43. The van der Waals surface area contributed by atoms with E-state index >= 15 is 0 Å². The minimum Gasteiger partial charge on any atom is -0.313 e. The number of hydrogen-bond acceptors (Lipinski definition) is 3. The second-order valence-corrected chi connectivity index (χ2v) is 6.77. The Morgan fingerprint density at radius 2 is 2.20 bits per heavy atom. The van der Waals surface area contributed by atoms with Crippen molar-refractivity contribution in [2.24, 2.45) is 0 Å². The summed E-state index contributed by atoms with van der Waals surface area (Å²) >= 11 is 4.60. The van der Waals surface area contributed by atoms with Crippen molar-refractivity contribution in [3.63, 3.8) is 0 Å². The third-order valence-electron chi connectivity index (χ3n) is 1.88. The zero-order valence-corrected chi connectivity index (χ0v) is 10.1. The minimum absolute atomic E-state index is 0.336. The van der Waals surface area contributed by atoms with Crippen LogP contribution in [0.15, 0.2) is 0 Å². The Balaban J connectivity index is 2.33. The van der Waals surface area contributed by atoms with Gasteiger partial charge in [0.1, 0.15) is 0 Å². The molecule has 0 aromatic carbocycles. The van der Waals surface area contributed by atoms with Crippen LogP contribution in [0.25, 0.3) is 0 Å². The summed E-state index contributed by atoms with van der Waals surface area (Å²) in [7, 11) is 2.03. The molecule has 0 unspecified atom stereocenters. The van der Waals surface area contributed by atoms with E-state index in [1.165, 1.54) is 0 Å². The Hall–Kier alpha value is 1.34. The molecule has 2 N–H and O–H groups in total. The highest BCUT2D eigenvalue weighted by molar-refractivity contribution is 14.2. The summed E-state index contributed by atoms with van der Waals surface area (Å²) in [6, 6.07) is 0. The van der Waals surface area contributed by atoms with E-state index in [2.05, 4.69) is 57.7 Å². The summed E-state index contributed by atoms with van der Waals surface area (Å²) in [6.45, 7) is 3.27. The number of nitrogens with zero attached hydrogens (tertiary/aromatic N) is 1. The molecular weight excluding hydrogens is 356 g/mol. The van der Waals surface area contributed by atoms with Crippen molar-refractivity contribution in [2.75, 3.05) is 26.7 Å². The third-order valence-corrected chi connectivity index (χ3v) is 2.56. The maximum absolute atomic E-state index is 3.33. The second kappa shape index (κ2) is 3.83. The van der Waals surface area contributed by atoms with Crippen molar-refractivity contribution in [3.05, 3.63) is 0 Å². The van der Waals surface area contributed by atoms with E-state index in [9.17, 15) is 0 Å². The highest BCUT2D eigenvalue weighted by Gasteiger charge is 2.35. The summed E-state index contributed by atoms with van der Waals surface area (Å²) in [6.07, 6.45) is 0. The van der Waals surface area contributed by atoms with Gasteiger partial charge in [-0.2, -0.15) is 1.33 Å². The molecule has 0 spiro atoms. The molecule has 0 aliphatic carbocycles. The molecule has 0 aromatic rings. The molecule has 0 amide bonds. The molecule has 1 rings (SSSR count). The number of nitrogens with one attached hydrogen (secondary N) is 2. The predicted octanol–water partition coefficient (Wildman–Crippen LogP) is 0.550. The van der Waals surface area contributed by atoms with Crippen LogP contribution in [-0.4, -0.2) is 33.5 Å². The normalized spacial score (nSPS) is 22.8. The zero-order chi connectivity index (χ0) is 7.61. The van der Waals surface area contributed by atoms with Crippen LogP contribution in [0.1, 0.15) is 0 Å². The minimum atomic E-state index is 0.336. The molecule has 0 aromatic heterocycles. The Kier molecular flexibility index (Phi) is 3.61. The number of likely N-dealkylation sites (N-methyl/N-ethyl adjacent to an activating group) is 1. The van der Waals surface area contributed by atoms with E-state index in [-0.39, 0.29) is 0 Å². The van der Waals surface area contributed by atoms with Crippen molar-refractivity contribution >= 4 is 45.7 Å². The fourth-order valence-electron chi connectivity index (χ4n) is 1.02. The van der Waals surface area contributed by atoms with Crippen LogP contribution in [0.2, 0.25) is 0 Å². The first-order valence-electron chi connectivity index (χ1n) is 3.17. The lowest BCUT2D eigenvalue weighted by molar-refractivity contribution is 0.223. The second-order valence-electron chi connectivity index (χ2n) is 2.59. The largest absolute Gasteiger partial charge is 0.313 e. The smallest absolute Gasteiger partial charge is 0.0575 e. The monoisotopic (exact) mass is 367 g/mol. The third kappa shape index (κ3) is 2.16. The first kappa shape index (κ1) is 9.43. The van der Waals surface area contributed by atoms with Crippen LogP contribution in [0.5, 0.6) is 0 Å². The van der Waals surface area contributed by atoms with E-state index in [4.69, 9.17) is 0 Å². The molecule has 10 heavy (non-hydrogen) atoms. The van der Waals surface area contributed by atoms with Crippen molar-refractivity contribution in [1.82, 2.24) is 12.0 Å². The quantitative estimate of drug-likeness (QED) is 0.564. The summed E-state index contributed by atoms with van der Waals surface area (Å²) in [5.74, 6) is 0. The van der Waals surface area contributed by atoms with Crippen molar-refractivity contribution in [2.45, 2.75) is 5.54 Å². The molecule has 0 bridgehead atoms. The van der Waals surface area contributed by atoms with Gasteiger partial charge in [0.05, 0.1) is 5.54 Å². The molecule has 5 heteroatoms. The van der Waals surface area contributed by atoms with E-state index in [1.807, 2.05) is 7.05 Å². The Bertz CT molecular complexity index is 108. The zero-order valence-electron chi connectivity index (χ0n) is 5.82. The summed E-state index contributed by atoms with van der Waals surface area (Å²) in [4.78, 5) is 0. The first-order valence-corrected chi connectivity index (χ1v) is 5.10. The van der Waals surface area contributed by atoms with Gasteiger partial charge in [-0.3, -0.25) is 0 Å². The van der Waals surface area contributed by atoms with Crippen LogP contribution in [0.3, 0.4) is 0 Å². The molecule has 1 aliphatic rings. The number of halogens is 2. The molecule has 60 valence electrons. The van der Waals surface area contributed by atoms with E-state index in [1.54, 1.807) is 0 Å². The predicted molar refractivity (Wildman–Crippen MR) is 59.4 cm³/mol. The Labute approximate surface area is 89.3 Å². The van der Waals surface area contributed by atoms with Gasteiger partial charge in [0.15, 0.2) is 0 Å². The SMILES string of the molecule is CNC1(CN(I)I)CNC1. The van der Waals surface area contributed by atoms with E-state index < -0.39 is 0 Å². The number of hydrogen-bond donors (Lipinski definition) is 2. The van der Waals surface area contributed by atoms with Gasteiger partial charge in [-0.25, -0.2) is 0 Å². The van der Waals surface area contributed by atoms with Crippen LogP contribution in [0.4, 0.5) is 0 Å². The van der Waals surface area contributed by atoms with E-state index in [0.29, 0.717) is 5.54 Å². The molecule has 1 aliphatic heterocycles. The summed E-state index contributed by atoms with van der Waals surface area (Å²) in [5, 5.41) is 6.59. The average molecular weight is 367 g/mol. The average Bonchev–Trinajstić information content (AvgIpc) is 1.78. The topological polar surface area (TPSA) is 27.3 Å². The van der Waals surface area contributed by atoms with Gasteiger partial charge >= 0.3 is 0 Å². The fraction of sp³-hybridized carbons (Fsp3) is 1.00.